The molecule has 1 fully saturated rings. The third-order valence-electron chi connectivity index (χ3n) is 5.19. The van der Waals surface area contributed by atoms with Crippen LogP contribution in [-0.4, -0.2) is 53.4 Å². The lowest BCUT2D eigenvalue weighted by Crippen LogP contribution is -2.45. The van der Waals surface area contributed by atoms with Gasteiger partial charge in [-0.25, -0.2) is 4.98 Å². The SMILES string of the molecule is CCN1CCN(Cc2ccc(NC(=O)Cc3cccnc3Br)cc2C(F)(F)F)CC1. The molecule has 0 spiro atoms. The lowest BCUT2D eigenvalue weighted by atomic mass is 10.0. The average Bonchev–Trinajstić information content (AvgIpc) is 2.70. The van der Waals surface area contributed by atoms with E-state index in [-0.39, 0.29) is 24.2 Å². The smallest absolute Gasteiger partial charge is 0.326 e. The summed E-state index contributed by atoms with van der Waals surface area (Å²) < 4.78 is 41.6. The van der Waals surface area contributed by atoms with E-state index in [1.54, 1.807) is 18.3 Å². The maximum atomic E-state index is 13.7. The van der Waals surface area contributed by atoms with Crippen LogP contribution in [0.1, 0.15) is 23.6 Å². The first-order valence-corrected chi connectivity index (χ1v) is 10.6. The standard InChI is InChI=1S/C21H24BrF3N4O/c1-2-28-8-10-29(11-9-28)14-16-5-6-17(13-18(16)21(23,24)25)27-19(30)12-15-4-3-7-26-20(15)22/h3-7,13H,2,8-12,14H2,1H3,(H,27,30). The van der Waals surface area contributed by atoms with Crippen molar-refractivity contribution in [3.05, 3.63) is 57.8 Å². The Bertz CT molecular complexity index is 883. The number of alkyl halides is 3. The molecular formula is C21H24BrF3N4O. The predicted octanol–water partition coefficient (Wildman–Crippen LogP) is 4.18. The molecule has 0 aliphatic carbocycles. The maximum Gasteiger partial charge on any atom is 0.416 e. The van der Waals surface area contributed by atoms with Crippen LogP contribution in [0, 0.1) is 0 Å². The molecule has 30 heavy (non-hydrogen) atoms. The Morgan fingerprint density at radius 3 is 2.47 bits per heavy atom. The summed E-state index contributed by atoms with van der Waals surface area (Å²) in [4.78, 5) is 20.7. The van der Waals surface area contributed by atoms with Crippen LogP contribution in [-0.2, 0) is 23.9 Å². The number of nitrogens with one attached hydrogen (secondary N) is 1. The van der Waals surface area contributed by atoms with Crippen LogP contribution in [0.2, 0.25) is 0 Å². The number of nitrogens with zero attached hydrogens (tertiary/aromatic N) is 3. The van der Waals surface area contributed by atoms with Gasteiger partial charge < -0.3 is 10.2 Å². The first kappa shape index (κ1) is 22.7. The average molecular weight is 485 g/mol. The number of piperazine rings is 1. The Balaban J connectivity index is 1.71. The summed E-state index contributed by atoms with van der Waals surface area (Å²) in [5, 5.41) is 2.57. The Morgan fingerprint density at radius 2 is 1.83 bits per heavy atom. The van der Waals surface area contributed by atoms with Crippen molar-refractivity contribution in [1.82, 2.24) is 14.8 Å². The summed E-state index contributed by atoms with van der Waals surface area (Å²) in [6.07, 6.45) is -2.89. The fourth-order valence-corrected chi connectivity index (χ4v) is 3.88. The van der Waals surface area contributed by atoms with Crippen LogP contribution in [0.25, 0.3) is 0 Å². The van der Waals surface area contributed by atoms with Gasteiger partial charge in [0.1, 0.15) is 4.60 Å². The molecule has 1 aromatic carbocycles. The van der Waals surface area contributed by atoms with Crippen molar-refractivity contribution in [2.24, 2.45) is 0 Å². The van der Waals surface area contributed by atoms with Crippen molar-refractivity contribution in [1.29, 1.82) is 0 Å². The van der Waals surface area contributed by atoms with Crippen LogP contribution in [0.5, 0.6) is 0 Å². The molecule has 1 aliphatic rings. The molecule has 0 unspecified atom stereocenters. The van der Waals surface area contributed by atoms with Crippen molar-refractivity contribution < 1.29 is 18.0 Å². The summed E-state index contributed by atoms with van der Waals surface area (Å²) in [6, 6.07) is 7.45. The van der Waals surface area contributed by atoms with E-state index < -0.39 is 17.6 Å². The van der Waals surface area contributed by atoms with Crippen molar-refractivity contribution in [2.45, 2.75) is 26.1 Å². The Hall–Kier alpha value is -1.97. The van der Waals surface area contributed by atoms with Crippen LogP contribution < -0.4 is 5.32 Å². The lowest BCUT2D eigenvalue weighted by molar-refractivity contribution is -0.138. The van der Waals surface area contributed by atoms with Gasteiger partial charge in [0, 0.05) is 44.6 Å². The van der Waals surface area contributed by atoms with E-state index in [2.05, 4.69) is 38.1 Å². The van der Waals surface area contributed by atoms with Crippen molar-refractivity contribution in [3.8, 4) is 0 Å². The molecule has 2 aromatic rings. The number of carbonyl (C=O) groups is 1. The van der Waals surface area contributed by atoms with Crippen LogP contribution in [0.15, 0.2) is 41.1 Å². The number of pyridine rings is 1. The van der Waals surface area contributed by atoms with E-state index >= 15 is 0 Å². The van der Waals surface area contributed by atoms with E-state index in [1.165, 1.54) is 12.1 Å². The first-order valence-electron chi connectivity index (χ1n) is 9.80. The number of benzene rings is 1. The minimum atomic E-state index is -4.49. The van der Waals surface area contributed by atoms with Crippen LogP contribution in [0.3, 0.4) is 0 Å². The van der Waals surface area contributed by atoms with Gasteiger partial charge in [0.15, 0.2) is 0 Å². The highest BCUT2D eigenvalue weighted by Crippen LogP contribution is 2.34. The number of hydrogen-bond donors (Lipinski definition) is 1. The second-order valence-corrected chi connectivity index (χ2v) is 8.01. The van der Waals surface area contributed by atoms with E-state index in [1.807, 2.05) is 4.90 Å². The largest absolute Gasteiger partial charge is 0.416 e. The number of halogens is 4. The Kier molecular flexibility index (Phi) is 7.49. The number of rotatable bonds is 6. The molecule has 1 aromatic heterocycles. The van der Waals surface area contributed by atoms with Gasteiger partial charge in [-0.2, -0.15) is 13.2 Å². The summed E-state index contributed by atoms with van der Waals surface area (Å²) in [5.41, 5.74) is 0.307. The quantitative estimate of drug-likeness (QED) is 0.624. The number of hydrogen-bond acceptors (Lipinski definition) is 4. The van der Waals surface area contributed by atoms with Gasteiger partial charge in [0.25, 0.3) is 0 Å². The number of likely N-dealkylation sites (N-methyl/N-ethyl adjacent to an activating group) is 1. The summed E-state index contributed by atoms with van der Waals surface area (Å²) in [5.74, 6) is -0.403. The number of anilines is 1. The molecule has 162 valence electrons. The first-order chi connectivity index (χ1) is 14.3. The molecule has 1 N–H and O–H groups in total. The van der Waals surface area contributed by atoms with E-state index in [0.717, 1.165) is 38.8 Å². The van der Waals surface area contributed by atoms with Crippen molar-refractivity contribution in [3.63, 3.8) is 0 Å². The molecule has 0 bridgehead atoms. The Morgan fingerprint density at radius 1 is 1.13 bits per heavy atom. The molecule has 2 heterocycles. The molecular weight excluding hydrogens is 461 g/mol. The third-order valence-corrected chi connectivity index (χ3v) is 5.91. The van der Waals surface area contributed by atoms with Gasteiger partial charge >= 0.3 is 6.18 Å². The minimum absolute atomic E-state index is 0.0131. The van der Waals surface area contributed by atoms with Gasteiger partial charge in [-0.05, 0) is 51.8 Å². The zero-order valence-electron chi connectivity index (χ0n) is 16.7. The Labute approximate surface area is 182 Å². The van der Waals surface area contributed by atoms with Gasteiger partial charge in [-0.1, -0.05) is 19.1 Å². The highest BCUT2D eigenvalue weighted by molar-refractivity contribution is 9.10. The van der Waals surface area contributed by atoms with Crippen LogP contribution in [0.4, 0.5) is 18.9 Å². The topological polar surface area (TPSA) is 48.5 Å². The molecule has 0 saturated carbocycles. The molecule has 0 radical (unpaired) electrons. The fraction of sp³-hybridized carbons (Fsp3) is 0.429. The van der Waals surface area contributed by atoms with E-state index in [0.29, 0.717) is 10.2 Å². The maximum absolute atomic E-state index is 13.7. The van der Waals surface area contributed by atoms with E-state index in [9.17, 15) is 18.0 Å². The zero-order valence-corrected chi connectivity index (χ0v) is 18.3. The van der Waals surface area contributed by atoms with Gasteiger partial charge in [-0.15, -0.1) is 0 Å². The van der Waals surface area contributed by atoms with Gasteiger partial charge in [-0.3, -0.25) is 9.69 Å². The second kappa shape index (κ2) is 9.89. The molecule has 0 atom stereocenters. The molecule has 1 amide bonds. The molecule has 9 heteroatoms. The molecule has 1 aliphatic heterocycles. The summed E-state index contributed by atoms with van der Waals surface area (Å²) in [7, 11) is 0. The monoisotopic (exact) mass is 484 g/mol. The summed E-state index contributed by atoms with van der Waals surface area (Å²) in [6.45, 7) is 6.46. The molecule has 3 rings (SSSR count). The third kappa shape index (κ3) is 6.02. The number of aromatic nitrogens is 1. The molecule has 5 nitrogen and oxygen atoms in total. The normalized spacial score (nSPS) is 15.9. The van der Waals surface area contributed by atoms with Crippen molar-refractivity contribution >= 4 is 27.5 Å². The second-order valence-electron chi connectivity index (χ2n) is 7.26. The highest BCUT2D eigenvalue weighted by Gasteiger charge is 2.34. The fourth-order valence-electron chi connectivity index (χ4n) is 3.49. The summed E-state index contributed by atoms with van der Waals surface area (Å²) >= 11 is 3.27. The number of carbonyl (C=O) groups excluding carboxylic acids is 1. The van der Waals surface area contributed by atoms with Crippen molar-refractivity contribution in [2.75, 3.05) is 38.0 Å². The minimum Gasteiger partial charge on any atom is -0.326 e. The predicted molar refractivity (Wildman–Crippen MR) is 113 cm³/mol. The number of amides is 1. The van der Waals surface area contributed by atoms with E-state index in [4.69, 9.17) is 0 Å². The van der Waals surface area contributed by atoms with Gasteiger partial charge in [0.2, 0.25) is 5.91 Å². The van der Waals surface area contributed by atoms with Gasteiger partial charge in [0.05, 0.1) is 12.0 Å². The lowest BCUT2D eigenvalue weighted by Gasteiger charge is -2.34. The molecule has 1 saturated heterocycles. The zero-order chi connectivity index (χ0) is 21.7. The van der Waals surface area contributed by atoms with Crippen LogP contribution >= 0.6 is 15.9 Å². The highest BCUT2D eigenvalue weighted by atomic mass is 79.9.